The van der Waals surface area contributed by atoms with Gasteiger partial charge in [-0.1, -0.05) is 0 Å². The van der Waals surface area contributed by atoms with Crippen LogP contribution in [0.15, 0.2) is 0 Å². The molecule has 2 atom stereocenters. The number of ether oxygens (including phenoxy) is 1. The van der Waals surface area contributed by atoms with Gasteiger partial charge in [-0.25, -0.2) is 0 Å². The molecule has 0 heterocycles. The van der Waals surface area contributed by atoms with Gasteiger partial charge < -0.3 is 4.74 Å². The zero-order chi connectivity index (χ0) is 9.78. The largest absolute Gasteiger partial charge is 0.380 e. The molecule has 0 aromatic carbocycles. The number of rotatable bonds is 4. The molecule has 0 aliphatic carbocycles. The second-order valence-electron chi connectivity index (χ2n) is 4.06. The summed E-state index contributed by atoms with van der Waals surface area (Å²) in [6.45, 7) is 10.0. The molecule has 0 aromatic rings. The molecule has 0 saturated heterocycles. The Morgan fingerprint density at radius 1 is 1.17 bits per heavy atom. The highest BCUT2D eigenvalue weighted by Crippen LogP contribution is 2.05. The minimum absolute atomic E-state index is 0.151. The monoisotopic (exact) mass is 175 g/mol. The lowest BCUT2D eigenvalue weighted by Crippen LogP contribution is -2.41. The second kappa shape index (κ2) is 4.80. The molecule has 2 unspecified atom stereocenters. The molecule has 0 aromatic heterocycles. The van der Waals surface area contributed by atoms with Gasteiger partial charge in [-0.15, -0.1) is 0 Å². The van der Waals surface area contributed by atoms with Crippen LogP contribution in [0.4, 0.5) is 0 Å². The fourth-order valence-corrected chi connectivity index (χ4v) is 0.570. The van der Waals surface area contributed by atoms with E-state index in [2.05, 4.69) is 5.48 Å². The van der Waals surface area contributed by atoms with Gasteiger partial charge in [0.05, 0.1) is 17.7 Å². The van der Waals surface area contributed by atoms with E-state index < -0.39 is 0 Å². The van der Waals surface area contributed by atoms with Gasteiger partial charge in [-0.05, 0) is 34.6 Å². The molecule has 74 valence electrons. The van der Waals surface area contributed by atoms with Crippen molar-refractivity contribution in [2.45, 2.75) is 52.4 Å². The van der Waals surface area contributed by atoms with E-state index in [0.29, 0.717) is 0 Å². The zero-order valence-electron chi connectivity index (χ0n) is 8.97. The highest BCUT2D eigenvalue weighted by atomic mass is 16.7. The molecule has 3 nitrogen and oxygen atoms in total. The van der Waals surface area contributed by atoms with Gasteiger partial charge >= 0.3 is 0 Å². The number of hydrogen-bond donors (Lipinski definition) is 1. The van der Waals surface area contributed by atoms with Crippen molar-refractivity contribution in [3.05, 3.63) is 0 Å². The third-order valence-electron chi connectivity index (χ3n) is 1.63. The first-order chi connectivity index (χ1) is 5.37. The minimum Gasteiger partial charge on any atom is -0.380 e. The SMILES string of the molecule is COC(C)C(C)NOC(C)(C)C. The predicted molar refractivity (Wildman–Crippen MR) is 49.9 cm³/mol. The van der Waals surface area contributed by atoms with Gasteiger partial charge in [0, 0.05) is 7.11 Å². The maximum absolute atomic E-state index is 5.38. The van der Waals surface area contributed by atoms with Crippen molar-refractivity contribution in [2.75, 3.05) is 7.11 Å². The van der Waals surface area contributed by atoms with E-state index in [1.165, 1.54) is 0 Å². The van der Waals surface area contributed by atoms with Gasteiger partial charge in [-0.3, -0.25) is 4.84 Å². The van der Waals surface area contributed by atoms with Gasteiger partial charge in [0.25, 0.3) is 0 Å². The van der Waals surface area contributed by atoms with Crippen LogP contribution in [0.5, 0.6) is 0 Å². The molecule has 0 aliphatic rings. The van der Waals surface area contributed by atoms with E-state index in [4.69, 9.17) is 9.57 Å². The lowest BCUT2D eigenvalue weighted by Gasteiger charge is -2.25. The molecule has 0 amide bonds. The molecule has 3 heteroatoms. The second-order valence-corrected chi connectivity index (χ2v) is 4.06. The number of hydroxylamine groups is 1. The first kappa shape index (κ1) is 11.9. The average Bonchev–Trinajstić information content (AvgIpc) is 1.97. The molecule has 1 N–H and O–H groups in total. The van der Waals surface area contributed by atoms with Crippen LogP contribution in [-0.2, 0) is 9.57 Å². The highest BCUT2D eigenvalue weighted by Gasteiger charge is 2.15. The van der Waals surface area contributed by atoms with Crippen molar-refractivity contribution < 1.29 is 9.57 Å². The summed E-state index contributed by atoms with van der Waals surface area (Å²) in [6.07, 6.45) is 0.160. The van der Waals surface area contributed by atoms with Crippen LogP contribution in [0.2, 0.25) is 0 Å². The quantitative estimate of drug-likeness (QED) is 0.660. The summed E-state index contributed by atoms with van der Waals surface area (Å²) in [5.74, 6) is 0. The summed E-state index contributed by atoms with van der Waals surface area (Å²) in [7, 11) is 1.69. The molecular weight excluding hydrogens is 154 g/mol. The highest BCUT2D eigenvalue weighted by molar-refractivity contribution is 4.65. The van der Waals surface area contributed by atoms with E-state index in [0.717, 1.165) is 0 Å². The first-order valence-corrected chi connectivity index (χ1v) is 4.33. The Labute approximate surface area is 75.4 Å². The summed E-state index contributed by atoms with van der Waals surface area (Å²) in [5, 5.41) is 0. The molecule has 0 radical (unpaired) electrons. The van der Waals surface area contributed by atoms with E-state index in [1.807, 2.05) is 34.6 Å². The van der Waals surface area contributed by atoms with E-state index in [-0.39, 0.29) is 17.7 Å². The maximum atomic E-state index is 5.38. The topological polar surface area (TPSA) is 30.5 Å². The van der Waals surface area contributed by atoms with Crippen molar-refractivity contribution in [2.24, 2.45) is 0 Å². The molecular formula is C9H21NO2. The van der Waals surface area contributed by atoms with Gasteiger partial charge in [-0.2, -0.15) is 5.48 Å². The predicted octanol–water partition coefficient (Wildman–Crippen LogP) is 1.73. The Bertz CT molecular complexity index is 120. The average molecular weight is 175 g/mol. The Morgan fingerprint density at radius 3 is 2.00 bits per heavy atom. The van der Waals surface area contributed by atoms with E-state index in [9.17, 15) is 0 Å². The number of methoxy groups -OCH3 is 1. The molecule has 0 spiro atoms. The normalized spacial score (nSPS) is 17.5. The van der Waals surface area contributed by atoms with Crippen LogP contribution in [0.3, 0.4) is 0 Å². The third kappa shape index (κ3) is 5.52. The van der Waals surface area contributed by atoms with E-state index >= 15 is 0 Å². The third-order valence-corrected chi connectivity index (χ3v) is 1.63. The van der Waals surface area contributed by atoms with Gasteiger partial charge in [0.1, 0.15) is 0 Å². The van der Waals surface area contributed by atoms with Crippen molar-refractivity contribution in [3.8, 4) is 0 Å². The van der Waals surface area contributed by atoms with Crippen LogP contribution in [0.25, 0.3) is 0 Å². The lowest BCUT2D eigenvalue weighted by molar-refractivity contribution is -0.104. The Kier molecular flexibility index (Phi) is 4.75. The summed E-state index contributed by atoms with van der Waals surface area (Å²) < 4.78 is 5.13. The summed E-state index contributed by atoms with van der Waals surface area (Å²) in [6, 6.07) is 0.203. The molecule has 0 fully saturated rings. The Balaban J connectivity index is 3.64. The van der Waals surface area contributed by atoms with E-state index in [1.54, 1.807) is 7.11 Å². The van der Waals surface area contributed by atoms with Crippen LogP contribution in [0, 0.1) is 0 Å². The lowest BCUT2D eigenvalue weighted by atomic mass is 10.2. The van der Waals surface area contributed by atoms with Crippen molar-refractivity contribution in [3.63, 3.8) is 0 Å². The smallest absolute Gasteiger partial charge is 0.0813 e. The standard InChI is InChI=1S/C9H21NO2/c1-7(8(2)11-6)10-12-9(3,4)5/h7-8,10H,1-6H3. The number of nitrogens with one attached hydrogen (secondary N) is 1. The first-order valence-electron chi connectivity index (χ1n) is 4.33. The van der Waals surface area contributed by atoms with Gasteiger partial charge in [0.2, 0.25) is 0 Å². The van der Waals surface area contributed by atoms with Crippen molar-refractivity contribution in [1.29, 1.82) is 0 Å². The maximum Gasteiger partial charge on any atom is 0.0813 e. The fourth-order valence-electron chi connectivity index (χ4n) is 0.570. The van der Waals surface area contributed by atoms with Crippen LogP contribution >= 0.6 is 0 Å². The van der Waals surface area contributed by atoms with Crippen LogP contribution < -0.4 is 5.48 Å². The molecule has 12 heavy (non-hydrogen) atoms. The van der Waals surface area contributed by atoms with Crippen molar-refractivity contribution >= 4 is 0 Å². The minimum atomic E-state index is -0.151. The number of hydrogen-bond acceptors (Lipinski definition) is 3. The summed E-state index contributed by atoms with van der Waals surface area (Å²) in [4.78, 5) is 5.38. The molecule has 0 saturated carbocycles. The van der Waals surface area contributed by atoms with Gasteiger partial charge in [0.15, 0.2) is 0 Å². The van der Waals surface area contributed by atoms with Crippen LogP contribution in [0.1, 0.15) is 34.6 Å². The zero-order valence-corrected chi connectivity index (χ0v) is 8.97. The fraction of sp³-hybridized carbons (Fsp3) is 1.00. The summed E-state index contributed by atoms with van der Waals surface area (Å²) >= 11 is 0. The molecule has 0 bridgehead atoms. The van der Waals surface area contributed by atoms with Crippen molar-refractivity contribution in [1.82, 2.24) is 5.48 Å². The summed E-state index contributed by atoms with van der Waals surface area (Å²) in [5.41, 5.74) is 2.80. The van der Waals surface area contributed by atoms with Crippen LogP contribution in [-0.4, -0.2) is 24.9 Å². The Hall–Kier alpha value is -0.120. The molecule has 0 aliphatic heterocycles. The Morgan fingerprint density at radius 2 is 1.67 bits per heavy atom. The molecule has 0 rings (SSSR count).